The van der Waals surface area contributed by atoms with E-state index in [2.05, 4.69) is 25.5 Å². The van der Waals surface area contributed by atoms with Crippen molar-refractivity contribution in [3.63, 3.8) is 0 Å². The Morgan fingerprint density at radius 3 is 2.58 bits per heavy atom. The molecule has 3 atom stereocenters. The molecule has 8 heteroatoms. The lowest BCUT2D eigenvalue weighted by atomic mass is 9.75. The zero-order valence-corrected chi connectivity index (χ0v) is 19.4. The van der Waals surface area contributed by atoms with Crippen LogP contribution in [0.4, 0.5) is 4.39 Å². The van der Waals surface area contributed by atoms with E-state index in [1.807, 2.05) is 0 Å². The third-order valence-electron chi connectivity index (χ3n) is 6.65. The van der Waals surface area contributed by atoms with Gasteiger partial charge in [-0.25, -0.2) is 17.5 Å². The van der Waals surface area contributed by atoms with E-state index in [1.54, 1.807) is 18.2 Å². The lowest BCUT2D eigenvalue weighted by molar-refractivity contribution is -0.0770. The van der Waals surface area contributed by atoms with E-state index in [0.717, 1.165) is 31.4 Å². The second-order valence-electron chi connectivity index (χ2n) is 8.94. The van der Waals surface area contributed by atoms with Crippen LogP contribution in [-0.2, 0) is 21.3 Å². The van der Waals surface area contributed by atoms with Crippen molar-refractivity contribution < 1.29 is 22.3 Å². The predicted molar refractivity (Wildman–Crippen MR) is 117 cm³/mol. The maximum atomic E-state index is 13.1. The highest BCUT2D eigenvalue weighted by Crippen LogP contribution is 2.55. The first kappa shape index (κ1) is 22.5. The minimum absolute atomic E-state index is 0.0173. The van der Waals surface area contributed by atoms with Crippen molar-refractivity contribution in [2.75, 3.05) is 0 Å². The summed E-state index contributed by atoms with van der Waals surface area (Å²) in [7, 11) is -3.83. The van der Waals surface area contributed by atoms with Gasteiger partial charge in [0, 0.05) is 23.6 Å². The van der Waals surface area contributed by atoms with E-state index >= 15 is 0 Å². The molecular formula is C23H27ClFNO4S. The molecule has 2 saturated heterocycles. The molecule has 0 saturated carbocycles. The number of sulfonamides is 1. The van der Waals surface area contributed by atoms with Gasteiger partial charge in [-0.15, -0.1) is 0 Å². The van der Waals surface area contributed by atoms with Crippen LogP contribution in [-0.4, -0.2) is 25.7 Å². The number of rotatable bonds is 7. The summed E-state index contributed by atoms with van der Waals surface area (Å²) in [5.41, 5.74) is -0.000360. The molecule has 0 spiro atoms. The molecule has 0 aromatic heterocycles. The molecule has 0 radical (unpaired) electrons. The average molecular weight is 468 g/mol. The third-order valence-corrected chi connectivity index (χ3v) is 8.42. The van der Waals surface area contributed by atoms with Crippen molar-refractivity contribution in [2.24, 2.45) is 5.92 Å². The zero-order chi connectivity index (χ0) is 22.4. The fourth-order valence-corrected chi connectivity index (χ4v) is 5.80. The van der Waals surface area contributed by atoms with E-state index in [-0.39, 0.29) is 28.7 Å². The summed E-state index contributed by atoms with van der Waals surface area (Å²) in [6.07, 6.45) is 2.58. The van der Waals surface area contributed by atoms with Crippen LogP contribution in [0.5, 0.6) is 5.75 Å². The van der Waals surface area contributed by atoms with Crippen molar-refractivity contribution in [1.82, 2.24) is 4.72 Å². The summed E-state index contributed by atoms with van der Waals surface area (Å²) >= 11 is 6.41. The summed E-state index contributed by atoms with van der Waals surface area (Å²) in [6.45, 7) is 6.37. The largest absolute Gasteiger partial charge is 0.487 e. The number of fused-ring (bicyclic) bond motifs is 2. The normalized spacial score (nSPS) is 27.7. The molecule has 0 aliphatic carbocycles. The molecule has 2 heterocycles. The number of hydrogen-bond donors (Lipinski definition) is 1. The molecule has 0 amide bonds. The van der Waals surface area contributed by atoms with Crippen LogP contribution in [0.1, 0.15) is 45.6 Å². The highest BCUT2D eigenvalue weighted by molar-refractivity contribution is 7.89. The zero-order valence-electron chi connectivity index (χ0n) is 17.8. The summed E-state index contributed by atoms with van der Waals surface area (Å²) in [5.74, 6) is 0.418. The lowest BCUT2D eigenvalue weighted by Crippen LogP contribution is -2.40. The van der Waals surface area contributed by atoms with Gasteiger partial charge in [0.05, 0.1) is 10.5 Å². The van der Waals surface area contributed by atoms with E-state index in [1.165, 1.54) is 12.1 Å². The minimum atomic E-state index is -3.83. The number of halogens is 2. The average Bonchev–Trinajstić information content (AvgIpc) is 3.20. The molecule has 31 heavy (non-hydrogen) atoms. The first-order chi connectivity index (χ1) is 14.5. The van der Waals surface area contributed by atoms with Gasteiger partial charge >= 0.3 is 0 Å². The highest BCUT2D eigenvalue weighted by Gasteiger charge is 2.61. The van der Waals surface area contributed by atoms with Gasteiger partial charge < -0.3 is 9.47 Å². The van der Waals surface area contributed by atoms with Crippen LogP contribution in [0.15, 0.2) is 47.4 Å². The lowest BCUT2D eigenvalue weighted by Gasteiger charge is -2.32. The molecule has 2 aromatic rings. The molecule has 4 rings (SSSR count). The molecule has 2 aliphatic rings. The highest BCUT2D eigenvalue weighted by atomic mass is 35.5. The van der Waals surface area contributed by atoms with Gasteiger partial charge in [-0.05, 0) is 62.1 Å². The summed E-state index contributed by atoms with van der Waals surface area (Å²) in [4.78, 5) is -0.0173. The first-order valence-corrected chi connectivity index (χ1v) is 12.3. The number of nitrogens with one attached hydrogen (secondary N) is 1. The summed E-state index contributed by atoms with van der Waals surface area (Å²) in [5, 5.41) is 0.409. The second-order valence-corrected chi connectivity index (χ2v) is 11.1. The van der Waals surface area contributed by atoms with Crippen LogP contribution in [0, 0.1) is 11.7 Å². The van der Waals surface area contributed by atoms with Crippen molar-refractivity contribution in [2.45, 2.75) is 68.8 Å². The summed E-state index contributed by atoms with van der Waals surface area (Å²) in [6, 6.07) is 9.94. The Morgan fingerprint density at radius 2 is 1.94 bits per heavy atom. The van der Waals surface area contributed by atoms with Crippen LogP contribution >= 0.6 is 11.6 Å². The van der Waals surface area contributed by atoms with Gasteiger partial charge in [-0.3, -0.25) is 0 Å². The fraction of sp³-hybridized carbons (Fsp3) is 0.478. The van der Waals surface area contributed by atoms with E-state index in [0.29, 0.717) is 22.3 Å². The van der Waals surface area contributed by atoms with Gasteiger partial charge in [0.15, 0.2) is 0 Å². The standard InChI is InChI=1S/C23H27ClFNO4S/c1-15(2)23-12-11-22(3,30-23)21(13-23)29-20-6-4-5-19(24)18(20)14-26-31(27,28)17-9-7-16(25)8-10-17/h4-10,15,21,26H,11-14H2,1-3H3/t21-,22+,23+/m0/s1. The van der Waals surface area contributed by atoms with Crippen LogP contribution < -0.4 is 9.46 Å². The maximum absolute atomic E-state index is 13.1. The Bertz CT molecular complexity index is 1080. The first-order valence-electron chi connectivity index (χ1n) is 10.4. The number of hydrogen-bond acceptors (Lipinski definition) is 4. The van der Waals surface area contributed by atoms with Crippen molar-refractivity contribution >= 4 is 21.6 Å². The number of ether oxygens (including phenoxy) is 2. The van der Waals surface area contributed by atoms with E-state index in [9.17, 15) is 12.8 Å². The van der Waals surface area contributed by atoms with Crippen molar-refractivity contribution in [3.05, 3.63) is 58.9 Å². The minimum Gasteiger partial charge on any atom is -0.487 e. The van der Waals surface area contributed by atoms with Gasteiger partial charge in [0.1, 0.15) is 23.3 Å². The molecular weight excluding hydrogens is 441 g/mol. The Kier molecular flexibility index (Phi) is 5.83. The Morgan fingerprint density at radius 1 is 1.23 bits per heavy atom. The maximum Gasteiger partial charge on any atom is 0.240 e. The Hall–Kier alpha value is -1.67. The monoisotopic (exact) mass is 467 g/mol. The topological polar surface area (TPSA) is 64.6 Å². The molecule has 2 bridgehead atoms. The molecule has 2 aliphatic heterocycles. The van der Waals surface area contributed by atoms with E-state index in [4.69, 9.17) is 21.1 Å². The summed E-state index contributed by atoms with van der Waals surface area (Å²) < 4.78 is 53.8. The molecule has 1 N–H and O–H groups in total. The van der Waals surface area contributed by atoms with Gasteiger partial charge in [-0.2, -0.15) is 0 Å². The predicted octanol–water partition coefficient (Wildman–Crippen LogP) is 5.07. The molecule has 2 fully saturated rings. The fourth-order valence-electron chi connectivity index (χ4n) is 4.57. The second kappa shape index (κ2) is 8.03. The molecule has 168 valence electrons. The molecule has 0 unspecified atom stereocenters. The van der Waals surface area contributed by atoms with Gasteiger partial charge in [0.2, 0.25) is 10.0 Å². The van der Waals surface area contributed by atoms with Gasteiger partial charge in [0.25, 0.3) is 0 Å². The van der Waals surface area contributed by atoms with Crippen LogP contribution in [0.25, 0.3) is 0 Å². The van der Waals surface area contributed by atoms with Crippen molar-refractivity contribution in [1.29, 1.82) is 0 Å². The molecule has 5 nitrogen and oxygen atoms in total. The molecule has 2 aromatic carbocycles. The Labute approximate surface area is 187 Å². The smallest absolute Gasteiger partial charge is 0.240 e. The number of benzene rings is 2. The van der Waals surface area contributed by atoms with Crippen LogP contribution in [0.3, 0.4) is 0 Å². The SMILES string of the molecule is CC(C)[C@]12CC[C@@](C)(O1)[C@@H](Oc1cccc(Cl)c1CNS(=O)(=O)c1ccc(F)cc1)C2. The van der Waals surface area contributed by atoms with Gasteiger partial charge in [-0.1, -0.05) is 31.5 Å². The van der Waals surface area contributed by atoms with E-state index < -0.39 is 15.8 Å². The quantitative estimate of drug-likeness (QED) is 0.617. The third kappa shape index (κ3) is 4.21. The van der Waals surface area contributed by atoms with Crippen molar-refractivity contribution in [3.8, 4) is 5.75 Å². The van der Waals surface area contributed by atoms with Crippen LogP contribution in [0.2, 0.25) is 5.02 Å². The Balaban J connectivity index is 1.54.